The Labute approximate surface area is 225 Å². The molecule has 2 aromatic rings. The third kappa shape index (κ3) is 7.15. The number of imidazole rings is 1. The van der Waals surface area contributed by atoms with Crippen molar-refractivity contribution in [3.05, 3.63) is 12.2 Å². The normalized spacial score (nSPS) is 29.7. The summed E-state index contributed by atoms with van der Waals surface area (Å²) in [5.74, 6) is 0.0868. The molecule has 1 saturated heterocycles. The first-order chi connectivity index (χ1) is 18.1. The van der Waals surface area contributed by atoms with Crippen molar-refractivity contribution in [1.29, 1.82) is 0 Å². The van der Waals surface area contributed by atoms with Crippen LogP contribution in [0.25, 0.3) is 11.2 Å². The number of aliphatic hydroxyl groups excluding tert-OH is 2. The zero-order valence-electron chi connectivity index (χ0n) is 19.9. The van der Waals surface area contributed by atoms with Gasteiger partial charge in [0.1, 0.15) is 30.5 Å². The summed E-state index contributed by atoms with van der Waals surface area (Å²) >= 11 is 5.63. The molecule has 0 spiro atoms. The van der Waals surface area contributed by atoms with Gasteiger partial charge in [-0.2, -0.15) is 8.62 Å². The summed E-state index contributed by atoms with van der Waals surface area (Å²) < 4.78 is 53.5. The van der Waals surface area contributed by atoms with Crippen molar-refractivity contribution in [2.75, 3.05) is 12.3 Å². The molecule has 0 bridgehead atoms. The molecular formula is C17H26N5O13P3S. The number of nitrogens with two attached hydrogens (primary N) is 1. The lowest BCUT2D eigenvalue weighted by molar-refractivity contribution is -0.0516. The van der Waals surface area contributed by atoms with Gasteiger partial charge in [0.2, 0.25) is 0 Å². The second-order valence-corrected chi connectivity index (χ2v) is 13.8. The van der Waals surface area contributed by atoms with Crippen LogP contribution >= 0.6 is 35.7 Å². The maximum atomic E-state index is 12.1. The van der Waals surface area contributed by atoms with Crippen molar-refractivity contribution in [2.45, 2.75) is 62.6 Å². The van der Waals surface area contributed by atoms with Gasteiger partial charge in [0, 0.05) is 10.8 Å². The van der Waals surface area contributed by atoms with Crippen molar-refractivity contribution in [3.63, 3.8) is 0 Å². The summed E-state index contributed by atoms with van der Waals surface area (Å²) in [6, 6.07) is 0. The first kappa shape index (κ1) is 30.7. The van der Waals surface area contributed by atoms with E-state index in [0.717, 1.165) is 24.1 Å². The van der Waals surface area contributed by atoms with Gasteiger partial charge in [-0.3, -0.25) is 9.09 Å². The molecule has 22 heteroatoms. The van der Waals surface area contributed by atoms with Gasteiger partial charge in [0.25, 0.3) is 0 Å². The highest BCUT2D eigenvalue weighted by atomic mass is 32.1. The third-order valence-corrected chi connectivity index (χ3v) is 10.3. The number of fused-ring (bicyclic) bond motifs is 1. The highest BCUT2D eigenvalue weighted by Crippen LogP contribution is 2.66. The minimum atomic E-state index is -5.74. The number of phosphoric ester groups is 1. The number of nitrogen functional groups attached to an aromatic ring is 1. The van der Waals surface area contributed by atoms with Crippen LogP contribution in [0.4, 0.5) is 5.82 Å². The molecule has 218 valence electrons. The fourth-order valence-electron chi connectivity index (χ4n) is 4.42. The monoisotopic (exact) mass is 633 g/mol. The van der Waals surface area contributed by atoms with Gasteiger partial charge in [0.05, 0.1) is 6.61 Å². The highest BCUT2D eigenvalue weighted by molar-refractivity contribution is 7.80. The zero-order valence-corrected chi connectivity index (χ0v) is 23.4. The molecule has 0 radical (unpaired) electrons. The van der Waals surface area contributed by atoms with Crippen molar-refractivity contribution >= 4 is 57.5 Å². The van der Waals surface area contributed by atoms with E-state index in [1.807, 2.05) is 0 Å². The molecule has 3 heterocycles. The van der Waals surface area contributed by atoms with Crippen LogP contribution < -0.4 is 5.73 Å². The average molecular weight is 633 g/mol. The van der Waals surface area contributed by atoms with Crippen LogP contribution in [-0.2, 0) is 31.6 Å². The quantitative estimate of drug-likeness (QED) is 0.114. The first-order valence-corrected chi connectivity index (χ1v) is 16.3. The minimum absolute atomic E-state index is 0.0526. The second kappa shape index (κ2) is 11.5. The maximum Gasteiger partial charge on any atom is 0.490 e. The highest BCUT2D eigenvalue weighted by Gasteiger charge is 2.48. The lowest BCUT2D eigenvalue weighted by atomic mass is 9.99. The lowest BCUT2D eigenvalue weighted by Crippen LogP contribution is -2.34. The lowest BCUT2D eigenvalue weighted by Gasteiger charge is -2.23. The molecule has 7 atom stereocenters. The van der Waals surface area contributed by atoms with Crippen LogP contribution in [0, 0.1) is 0 Å². The SMILES string of the molecule is Nc1ncnc2c1nc(C1CCCCCC1=S)n2[C@@H]1O[C@H](COP(=O)(O)OP(=O)(O)OP(=O)(O)O)[C@@H](O)[C@H]1O. The van der Waals surface area contributed by atoms with Gasteiger partial charge in [-0.25, -0.2) is 28.6 Å². The fourth-order valence-corrected chi connectivity index (χ4v) is 7.82. The minimum Gasteiger partial charge on any atom is -0.387 e. The number of rotatable bonds is 9. The van der Waals surface area contributed by atoms with Gasteiger partial charge in [-0.05, 0) is 19.3 Å². The van der Waals surface area contributed by atoms with E-state index in [9.17, 15) is 33.7 Å². The van der Waals surface area contributed by atoms with E-state index in [0.29, 0.717) is 18.7 Å². The Morgan fingerprint density at radius 1 is 1.05 bits per heavy atom. The number of hydrogen-bond acceptors (Lipinski definition) is 14. The predicted octanol–water partition coefficient (Wildman–Crippen LogP) is 0.789. The van der Waals surface area contributed by atoms with Crippen molar-refractivity contribution in [1.82, 2.24) is 19.5 Å². The smallest absolute Gasteiger partial charge is 0.387 e. The predicted molar refractivity (Wildman–Crippen MR) is 134 cm³/mol. The van der Waals surface area contributed by atoms with Crippen LogP contribution in [-0.4, -0.2) is 79.1 Å². The van der Waals surface area contributed by atoms with E-state index in [-0.39, 0.29) is 22.9 Å². The van der Waals surface area contributed by atoms with Crippen LogP contribution in [0.2, 0.25) is 0 Å². The van der Waals surface area contributed by atoms with E-state index >= 15 is 0 Å². The number of aliphatic hydroxyl groups is 2. The average Bonchev–Trinajstić information content (AvgIpc) is 3.21. The number of aromatic nitrogens is 4. The van der Waals surface area contributed by atoms with E-state index in [1.165, 1.54) is 10.9 Å². The number of hydrogen-bond donors (Lipinski definition) is 7. The molecule has 1 saturated carbocycles. The first-order valence-electron chi connectivity index (χ1n) is 11.4. The molecule has 2 aliphatic rings. The number of ether oxygens (including phenoxy) is 1. The van der Waals surface area contributed by atoms with Crippen LogP contribution in [0.15, 0.2) is 6.33 Å². The van der Waals surface area contributed by atoms with Gasteiger partial charge < -0.3 is 40.3 Å². The molecule has 1 aliphatic carbocycles. The Morgan fingerprint density at radius 3 is 2.46 bits per heavy atom. The number of nitrogens with zero attached hydrogens (tertiary/aromatic N) is 4. The Balaban J connectivity index is 1.59. The molecule has 2 aromatic heterocycles. The molecule has 8 N–H and O–H groups in total. The molecular weight excluding hydrogens is 607 g/mol. The standard InChI is InChI=1S/C17H26N5O13P3S/c18-14-11-16(20-7-19-14)22(15(21-11)8-4-2-1-3-5-10(8)39)17-13(24)12(23)9(33-17)6-32-37(28,29)35-38(30,31)34-36(25,26)27/h7-9,12-13,17,23-24H,1-6H2,(H,28,29)(H,30,31)(H2,18,19,20)(H2,25,26,27)/t8?,9-,12-,13-,17-/m1/s1. The molecule has 0 aromatic carbocycles. The summed E-state index contributed by atoms with van der Waals surface area (Å²) in [5.41, 5.74) is 6.38. The van der Waals surface area contributed by atoms with Gasteiger partial charge in [0.15, 0.2) is 23.2 Å². The molecule has 2 fully saturated rings. The molecule has 3 unspecified atom stereocenters. The summed E-state index contributed by atoms with van der Waals surface area (Å²) in [4.78, 5) is 49.8. The van der Waals surface area contributed by atoms with E-state index in [4.69, 9.17) is 32.5 Å². The summed E-state index contributed by atoms with van der Waals surface area (Å²) in [5, 5.41) is 21.5. The van der Waals surface area contributed by atoms with Crippen molar-refractivity contribution < 1.29 is 61.4 Å². The van der Waals surface area contributed by atoms with Crippen LogP contribution in [0.3, 0.4) is 0 Å². The van der Waals surface area contributed by atoms with Crippen molar-refractivity contribution in [2.24, 2.45) is 0 Å². The molecule has 39 heavy (non-hydrogen) atoms. The topological polar surface area (TPSA) is 279 Å². The van der Waals surface area contributed by atoms with Gasteiger partial charge in [-0.1, -0.05) is 25.1 Å². The molecule has 0 amide bonds. The third-order valence-electron chi connectivity index (χ3n) is 6.06. The molecule has 18 nitrogen and oxygen atoms in total. The maximum absolute atomic E-state index is 12.1. The van der Waals surface area contributed by atoms with E-state index in [1.54, 1.807) is 0 Å². The Hall–Kier alpha value is -1.27. The summed E-state index contributed by atoms with van der Waals surface area (Å²) in [6.45, 7) is -0.973. The van der Waals surface area contributed by atoms with E-state index in [2.05, 4.69) is 28.1 Å². The fraction of sp³-hybridized carbons (Fsp3) is 0.647. The zero-order chi connectivity index (χ0) is 28.8. The van der Waals surface area contributed by atoms with Crippen molar-refractivity contribution in [3.8, 4) is 0 Å². The van der Waals surface area contributed by atoms with E-state index < -0.39 is 54.6 Å². The second-order valence-electron chi connectivity index (χ2n) is 8.82. The van der Waals surface area contributed by atoms with Crippen LogP contribution in [0.5, 0.6) is 0 Å². The summed E-state index contributed by atoms with van der Waals surface area (Å²) in [6.07, 6.45) is -0.997. The number of anilines is 1. The molecule has 4 rings (SSSR count). The van der Waals surface area contributed by atoms with Gasteiger partial charge in [-0.15, -0.1) is 0 Å². The number of thiocarbonyl (C=S) groups is 1. The van der Waals surface area contributed by atoms with Gasteiger partial charge >= 0.3 is 23.5 Å². The Morgan fingerprint density at radius 2 is 1.77 bits per heavy atom. The number of phosphoric acid groups is 3. The Bertz CT molecular complexity index is 1390. The molecule has 1 aliphatic heterocycles. The summed E-state index contributed by atoms with van der Waals surface area (Å²) in [7, 11) is -16.8. The van der Waals surface area contributed by atoms with Crippen LogP contribution in [0.1, 0.15) is 50.1 Å². The largest absolute Gasteiger partial charge is 0.490 e. The Kier molecular flexibility index (Phi) is 9.08.